The second-order valence-corrected chi connectivity index (χ2v) is 14.1. The summed E-state index contributed by atoms with van der Waals surface area (Å²) in [5, 5.41) is 36.1. The van der Waals surface area contributed by atoms with Crippen LogP contribution in [0.3, 0.4) is 0 Å². The molecule has 0 bridgehead atoms. The van der Waals surface area contributed by atoms with Crippen molar-refractivity contribution in [2.45, 2.75) is 43.9 Å². The van der Waals surface area contributed by atoms with Crippen molar-refractivity contribution in [1.29, 1.82) is 0 Å². The molecule has 6 aromatic rings. The van der Waals surface area contributed by atoms with Gasteiger partial charge in [-0.25, -0.2) is 19.9 Å². The first kappa shape index (κ1) is 31.3. The minimum atomic E-state index is -2.67. The van der Waals surface area contributed by atoms with E-state index in [-0.39, 0.29) is 46.4 Å². The smallest absolute Gasteiger partial charge is 0.257 e. The van der Waals surface area contributed by atoms with Crippen LogP contribution in [0.5, 0.6) is 11.8 Å². The lowest BCUT2D eigenvalue weighted by molar-refractivity contribution is -0.165. The van der Waals surface area contributed by atoms with E-state index in [1.807, 2.05) is 0 Å². The van der Waals surface area contributed by atoms with Gasteiger partial charge in [-0.15, -0.1) is 0 Å². The van der Waals surface area contributed by atoms with Crippen LogP contribution in [0.1, 0.15) is 54.6 Å². The first-order chi connectivity index (χ1) is 30.5. The molecule has 58 heavy (non-hydrogen) atoms. The number of nitrogens with zero attached hydrogens (tertiary/aromatic N) is 8. The Labute approximate surface area is 340 Å². The molecule has 2 amide bonds. The highest BCUT2D eigenvalue weighted by Gasteiger charge is 2.50. The van der Waals surface area contributed by atoms with Crippen molar-refractivity contribution in [2.24, 2.45) is 5.41 Å². The molecular weight excluding hydrogens is 749 g/mol. The van der Waals surface area contributed by atoms with Gasteiger partial charge in [0.05, 0.1) is 60.1 Å². The molecule has 3 fully saturated rings. The lowest BCUT2D eigenvalue weighted by Gasteiger charge is -2.53. The maximum Gasteiger partial charge on any atom is 0.257 e. The molecule has 20 heteroatoms. The summed E-state index contributed by atoms with van der Waals surface area (Å²) >= 11 is 0. The van der Waals surface area contributed by atoms with E-state index < -0.39 is 26.1 Å². The first-order valence-corrected chi connectivity index (χ1v) is 18.3. The number of aliphatic hydroxyl groups is 1. The third kappa shape index (κ3) is 7.41. The molecule has 1 aliphatic heterocycles. The molecule has 1 spiro atoms. The van der Waals surface area contributed by atoms with Crippen molar-refractivity contribution in [1.82, 2.24) is 49.8 Å². The van der Waals surface area contributed by atoms with Crippen molar-refractivity contribution in [3.8, 4) is 11.8 Å². The molecule has 7 heterocycles. The fourth-order valence-corrected chi connectivity index (χ4v) is 7.01. The summed E-state index contributed by atoms with van der Waals surface area (Å²) in [6.45, 7) is 1.53. The number of aromatic nitrogens is 8. The van der Waals surface area contributed by atoms with Gasteiger partial charge in [-0.05, 0) is 49.9 Å². The predicted molar refractivity (Wildman–Crippen MR) is 213 cm³/mol. The number of methoxy groups -OCH3 is 2. The van der Waals surface area contributed by atoms with Crippen LogP contribution in [0.4, 0.5) is 34.6 Å². The number of pyridine rings is 2. The van der Waals surface area contributed by atoms with Gasteiger partial charge in [0.1, 0.15) is 45.8 Å². The fourth-order valence-electron chi connectivity index (χ4n) is 7.01. The van der Waals surface area contributed by atoms with Gasteiger partial charge >= 0.3 is 0 Å². The van der Waals surface area contributed by atoms with E-state index in [4.69, 9.17) is 22.4 Å². The van der Waals surface area contributed by atoms with E-state index in [9.17, 15) is 14.7 Å². The first-order valence-electron chi connectivity index (χ1n) is 21.3. The lowest BCUT2D eigenvalue weighted by atomic mass is 9.64. The number of rotatable bonds is 12. The van der Waals surface area contributed by atoms with Gasteiger partial charge < -0.3 is 51.2 Å². The molecule has 6 aromatic heterocycles. The van der Waals surface area contributed by atoms with Gasteiger partial charge in [0.15, 0.2) is 11.3 Å². The highest BCUT2D eigenvalue weighted by atomic mass is 16.5. The zero-order valence-electron chi connectivity index (χ0n) is 37.3. The van der Waals surface area contributed by atoms with Gasteiger partial charge in [-0.3, -0.25) is 9.59 Å². The van der Waals surface area contributed by atoms with E-state index in [2.05, 4.69) is 62.0 Å². The number of anilines is 6. The van der Waals surface area contributed by atoms with E-state index >= 15 is 0 Å². The van der Waals surface area contributed by atoms with Crippen LogP contribution in [0, 0.1) is 5.41 Å². The SMILES string of the molecule is [2H]C([2H])([2H])Oc1ncccc1Nc1cc(NC)n2ncc(C(=O)NC3CC4(COC4)C3)c2n1.[2H]C([2H])([2H])Oc1ncccc1Nc1cc(NC)n2ncc(C(=O)N[C@H]3CC[C@@H]3O)c2n1. The van der Waals surface area contributed by atoms with E-state index in [0.29, 0.717) is 58.7 Å². The van der Waals surface area contributed by atoms with Crippen molar-refractivity contribution >= 4 is 57.8 Å². The molecule has 0 radical (unpaired) electrons. The van der Waals surface area contributed by atoms with Crippen LogP contribution in [0.2, 0.25) is 0 Å². The van der Waals surface area contributed by atoms with Crippen molar-refractivity contribution in [3.05, 3.63) is 72.3 Å². The van der Waals surface area contributed by atoms with Crippen LogP contribution in [-0.4, -0.2) is 116 Å². The number of aliphatic hydroxyl groups excluding tert-OH is 1. The maximum atomic E-state index is 13.0. The second kappa shape index (κ2) is 16.0. The molecule has 0 unspecified atom stereocenters. The second-order valence-electron chi connectivity index (χ2n) is 14.1. The summed E-state index contributed by atoms with van der Waals surface area (Å²) in [5.41, 5.74) is 2.07. The molecule has 20 nitrogen and oxygen atoms in total. The topological polar surface area (TPSA) is 240 Å². The maximum absolute atomic E-state index is 13.0. The van der Waals surface area contributed by atoms with Gasteiger partial charge in [0.25, 0.3) is 11.8 Å². The molecule has 2 saturated carbocycles. The molecule has 302 valence electrons. The van der Waals surface area contributed by atoms with Crippen LogP contribution in [0.15, 0.2) is 61.2 Å². The van der Waals surface area contributed by atoms with Gasteiger partial charge in [-0.1, -0.05) is 0 Å². The van der Waals surface area contributed by atoms with Gasteiger partial charge in [0, 0.05) is 50.1 Å². The Morgan fingerprint density at radius 3 is 1.79 bits per heavy atom. The molecule has 9 rings (SSSR count). The van der Waals surface area contributed by atoms with Crippen LogP contribution >= 0.6 is 0 Å². The normalized spacial score (nSPS) is 19.8. The number of amides is 2. The van der Waals surface area contributed by atoms with Gasteiger partial charge in [0.2, 0.25) is 11.8 Å². The highest BCUT2D eigenvalue weighted by Crippen LogP contribution is 2.47. The van der Waals surface area contributed by atoms with E-state index in [0.717, 1.165) is 26.1 Å². The zero-order valence-corrected chi connectivity index (χ0v) is 31.3. The molecule has 2 aliphatic carbocycles. The fraction of sp³-hybridized carbons (Fsp3) is 0.368. The Kier molecular flexibility index (Phi) is 8.63. The monoisotopic (exact) mass is 798 g/mol. The van der Waals surface area contributed by atoms with E-state index in [1.165, 1.54) is 33.8 Å². The average Bonchev–Trinajstić information content (AvgIpc) is 3.85. The summed E-state index contributed by atoms with van der Waals surface area (Å²) in [6, 6.07) is 9.62. The van der Waals surface area contributed by atoms with Crippen LogP contribution < -0.4 is 41.4 Å². The Balaban J connectivity index is 0.000000175. The Morgan fingerprint density at radius 1 is 0.828 bits per heavy atom. The van der Waals surface area contributed by atoms with Crippen molar-refractivity contribution in [3.63, 3.8) is 0 Å². The summed E-state index contributed by atoms with van der Waals surface area (Å²) in [6.07, 6.45) is 8.37. The number of carbonyl (C=O) groups is 2. The summed E-state index contributed by atoms with van der Waals surface area (Å²) in [4.78, 5) is 42.6. The molecule has 2 atom stereocenters. The average molecular weight is 799 g/mol. The zero-order chi connectivity index (χ0) is 45.4. The quantitative estimate of drug-likeness (QED) is 0.0942. The Morgan fingerprint density at radius 2 is 1.36 bits per heavy atom. The number of fused-ring (bicyclic) bond motifs is 2. The third-order valence-corrected chi connectivity index (χ3v) is 10.3. The summed E-state index contributed by atoms with van der Waals surface area (Å²) in [7, 11) is -1.90. The molecule has 7 N–H and O–H groups in total. The highest BCUT2D eigenvalue weighted by molar-refractivity contribution is 6.01. The van der Waals surface area contributed by atoms with Crippen molar-refractivity contribution < 1.29 is 37.1 Å². The summed E-state index contributed by atoms with van der Waals surface area (Å²) in [5.74, 6) is 0.965. The van der Waals surface area contributed by atoms with Crippen molar-refractivity contribution in [2.75, 3.05) is 62.7 Å². The Bertz CT molecular complexity index is 2680. The summed E-state index contributed by atoms with van der Waals surface area (Å²) < 4.78 is 62.2. The molecule has 1 saturated heterocycles. The number of hydrogen-bond acceptors (Lipinski definition) is 16. The molecular formula is C38H44N14O6. The predicted octanol–water partition coefficient (Wildman–Crippen LogP) is 3.00. The third-order valence-electron chi connectivity index (χ3n) is 10.3. The number of ether oxygens (including phenoxy) is 3. The van der Waals surface area contributed by atoms with Crippen LogP contribution in [-0.2, 0) is 4.74 Å². The standard InChI is InChI=1S/C20H23N7O3.C18H21N7O3/c1-21-16-6-15(25-14-4-3-5-22-19(14)29-2)26-17-13(9-23-27(16)17)18(28)24-12-7-20(8-12)10-30-11-20;1-19-15-8-14(22-12-4-3-7-20-18(12)28-2)24-16-10(9-21-25(15)16)17(27)23-11-5-6-13(11)26/h3-6,9,12,21H,7-8,10-11H2,1-2H3,(H,24,28)(H,25,26);3-4,7-9,11,13,19,26H,5-6H2,1-2H3,(H,22,24)(H,23,27)/t;11-,13-/m.0/s1/i2*2D3. The number of nitrogens with one attached hydrogen (secondary N) is 6. The number of carbonyl (C=O) groups excluding carboxylic acids is 2. The molecule has 3 aliphatic rings. The van der Waals surface area contributed by atoms with Crippen LogP contribution in [0.25, 0.3) is 11.3 Å². The molecule has 0 aromatic carbocycles. The Hall–Kier alpha value is -6.80. The largest absolute Gasteiger partial charge is 0.480 e. The number of hydrogen-bond donors (Lipinski definition) is 7. The van der Waals surface area contributed by atoms with Gasteiger partial charge in [-0.2, -0.15) is 19.2 Å². The minimum Gasteiger partial charge on any atom is -0.480 e. The lowest BCUT2D eigenvalue weighted by Crippen LogP contribution is -2.59. The minimum absolute atomic E-state index is 0.0875. The van der Waals surface area contributed by atoms with E-state index in [1.54, 1.807) is 50.5 Å².